The number of piperazine rings is 1. The number of benzene rings is 2. The maximum atomic E-state index is 12.9. The highest BCUT2D eigenvalue weighted by atomic mass is 16.5. The zero-order valence-corrected chi connectivity index (χ0v) is 19.9. The van der Waals surface area contributed by atoms with Crippen molar-refractivity contribution in [2.24, 2.45) is 5.92 Å². The summed E-state index contributed by atoms with van der Waals surface area (Å²) in [5.74, 6) is 7.66. The molecule has 2 N–H and O–H groups in total. The maximum Gasteiger partial charge on any atom is 0.322 e. The fourth-order valence-corrected chi connectivity index (χ4v) is 5.60. The Morgan fingerprint density at radius 1 is 1.17 bits per heavy atom. The van der Waals surface area contributed by atoms with Crippen LogP contribution in [-0.2, 0) is 4.79 Å². The number of rotatable bonds is 4. The van der Waals surface area contributed by atoms with E-state index in [1.54, 1.807) is 41.2 Å². The third-order valence-corrected chi connectivity index (χ3v) is 7.43. The van der Waals surface area contributed by atoms with Crippen molar-refractivity contribution in [3.63, 3.8) is 0 Å². The number of ether oxygens (including phenoxy) is 1. The van der Waals surface area contributed by atoms with E-state index < -0.39 is 0 Å². The number of carbonyl (C=O) groups excluding carboxylic acids is 2. The Morgan fingerprint density at radius 2 is 1.94 bits per heavy atom. The van der Waals surface area contributed by atoms with Crippen LogP contribution in [0.3, 0.4) is 0 Å². The van der Waals surface area contributed by atoms with E-state index in [4.69, 9.17) is 4.74 Å². The molecule has 0 spiro atoms. The Labute approximate surface area is 206 Å². The standard InChI is InChI=1S/C28H31N3O4/c1-35-23-8-4-7-22(15-23)29-28(34)30-16-24-27(25(18-32)31(24)26(33)17-30)21-13-11-20(12-14-21)10-9-19-5-2-3-6-19/h4,7-8,11-15,19,24-25,27,32H,2-3,5-6,16-18H2,1H3,(H,29,34)/t24-,25+,27-/m1/s1. The van der Waals surface area contributed by atoms with Crippen LogP contribution in [0, 0.1) is 17.8 Å². The highest BCUT2D eigenvalue weighted by Gasteiger charge is 2.54. The van der Waals surface area contributed by atoms with Gasteiger partial charge >= 0.3 is 6.03 Å². The minimum absolute atomic E-state index is 0.00871. The summed E-state index contributed by atoms with van der Waals surface area (Å²) in [7, 11) is 1.57. The van der Waals surface area contributed by atoms with Crippen molar-refractivity contribution in [1.82, 2.24) is 9.80 Å². The quantitative estimate of drug-likeness (QED) is 0.667. The monoisotopic (exact) mass is 473 g/mol. The lowest BCUT2D eigenvalue weighted by Gasteiger charge is -2.58. The number of amides is 3. The van der Waals surface area contributed by atoms with Crippen molar-refractivity contribution < 1.29 is 19.4 Å². The van der Waals surface area contributed by atoms with Gasteiger partial charge in [-0.05, 0) is 42.7 Å². The molecular formula is C28H31N3O4. The number of aliphatic hydroxyl groups is 1. The van der Waals surface area contributed by atoms with Gasteiger partial charge in [-0.25, -0.2) is 4.79 Å². The van der Waals surface area contributed by atoms with Gasteiger partial charge in [-0.3, -0.25) is 4.79 Å². The van der Waals surface area contributed by atoms with Crippen LogP contribution in [0.2, 0.25) is 0 Å². The minimum Gasteiger partial charge on any atom is -0.497 e. The van der Waals surface area contributed by atoms with Crippen LogP contribution in [0.4, 0.5) is 10.5 Å². The van der Waals surface area contributed by atoms with E-state index >= 15 is 0 Å². The summed E-state index contributed by atoms with van der Waals surface area (Å²) in [5.41, 5.74) is 2.65. The van der Waals surface area contributed by atoms with Gasteiger partial charge in [0.2, 0.25) is 5.91 Å². The Hall–Kier alpha value is -3.50. The molecule has 3 amide bonds. The summed E-state index contributed by atoms with van der Waals surface area (Å²) in [4.78, 5) is 29.1. The highest BCUT2D eigenvalue weighted by molar-refractivity contribution is 5.94. The molecule has 2 aromatic rings. The SMILES string of the molecule is COc1cccc(NC(=O)N2CC(=O)N3[C@H](C2)[C@@H](c2ccc(C#CC4CCCC4)cc2)[C@@H]3CO)c1. The lowest BCUT2D eigenvalue weighted by molar-refractivity contribution is -0.159. The zero-order chi connectivity index (χ0) is 24.4. The molecule has 2 saturated heterocycles. The first kappa shape index (κ1) is 23.3. The molecular weight excluding hydrogens is 442 g/mol. The molecule has 1 aliphatic carbocycles. The van der Waals surface area contributed by atoms with Gasteiger partial charge in [0.15, 0.2) is 0 Å². The summed E-state index contributed by atoms with van der Waals surface area (Å²) in [6.45, 7) is 0.295. The van der Waals surface area contributed by atoms with Crippen molar-refractivity contribution in [2.75, 3.05) is 32.1 Å². The molecule has 2 aliphatic heterocycles. The predicted molar refractivity (Wildman–Crippen MR) is 133 cm³/mol. The Bertz CT molecular complexity index is 1150. The topological polar surface area (TPSA) is 82.1 Å². The molecule has 35 heavy (non-hydrogen) atoms. The predicted octanol–water partition coefficient (Wildman–Crippen LogP) is 3.44. The Morgan fingerprint density at radius 3 is 2.66 bits per heavy atom. The molecule has 3 atom stereocenters. The number of aliphatic hydroxyl groups excluding tert-OH is 1. The summed E-state index contributed by atoms with van der Waals surface area (Å²) in [5, 5.41) is 12.9. The van der Waals surface area contributed by atoms with Crippen molar-refractivity contribution >= 4 is 17.6 Å². The van der Waals surface area contributed by atoms with Gasteiger partial charge in [0.25, 0.3) is 0 Å². The number of methoxy groups -OCH3 is 1. The second-order valence-electron chi connectivity index (χ2n) is 9.56. The highest BCUT2D eigenvalue weighted by Crippen LogP contribution is 2.43. The smallest absolute Gasteiger partial charge is 0.322 e. The Kier molecular flexibility index (Phi) is 6.65. The largest absolute Gasteiger partial charge is 0.497 e. The lowest BCUT2D eigenvalue weighted by atomic mass is 9.73. The van der Waals surface area contributed by atoms with Crippen LogP contribution in [0.5, 0.6) is 5.75 Å². The second kappa shape index (κ2) is 10.0. The second-order valence-corrected chi connectivity index (χ2v) is 9.56. The molecule has 2 heterocycles. The average molecular weight is 474 g/mol. The van der Waals surface area contributed by atoms with Crippen molar-refractivity contribution in [2.45, 2.75) is 43.7 Å². The van der Waals surface area contributed by atoms with Crippen molar-refractivity contribution in [3.8, 4) is 17.6 Å². The van der Waals surface area contributed by atoms with Crippen LogP contribution in [0.25, 0.3) is 0 Å². The summed E-state index contributed by atoms with van der Waals surface area (Å²) < 4.78 is 5.22. The van der Waals surface area contributed by atoms with E-state index in [0.29, 0.717) is 23.9 Å². The molecule has 7 heteroatoms. The molecule has 0 aromatic heterocycles. The molecule has 0 unspecified atom stereocenters. The molecule has 5 rings (SSSR count). The van der Waals surface area contributed by atoms with E-state index in [2.05, 4.69) is 17.2 Å². The van der Waals surface area contributed by atoms with Crippen LogP contribution >= 0.6 is 0 Å². The van der Waals surface area contributed by atoms with Crippen molar-refractivity contribution in [3.05, 3.63) is 59.7 Å². The van der Waals surface area contributed by atoms with Crippen LogP contribution in [-0.4, -0.2) is 65.7 Å². The molecule has 1 saturated carbocycles. The number of urea groups is 1. The molecule has 7 nitrogen and oxygen atoms in total. The van der Waals surface area contributed by atoms with Gasteiger partial charge in [0.1, 0.15) is 12.3 Å². The van der Waals surface area contributed by atoms with Crippen LogP contribution in [0.1, 0.15) is 42.7 Å². The van der Waals surface area contributed by atoms with E-state index in [-0.39, 0.29) is 43.1 Å². The van der Waals surface area contributed by atoms with Gasteiger partial charge in [0.05, 0.1) is 25.8 Å². The minimum atomic E-state index is -0.324. The lowest BCUT2D eigenvalue weighted by Crippen LogP contribution is -2.73. The molecule has 0 bridgehead atoms. The molecule has 0 radical (unpaired) electrons. The van der Waals surface area contributed by atoms with Crippen molar-refractivity contribution in [1.29, 1.82) is 0 Å². The average Bonchev–Trinajstić information content (AvgIpc) is 3.38. The third-order valence-electron chi connectivity index (χ3n) is 7.43. The summed E-state index contributed by atoms with van der Waals surface area (Å²) in [6.07, 6.45) is 4.93. The maximum absolute atomic E-state index is 12.9. The number of nitrogens with one attached hydrogen (secondary N) is 1. The normalized spacial score (nSPS) is 23.7. The van der Waals surface area contributed by atoms with Gasteiger partial charge in [-0.15, -0.1) is 0 Å². The molecule has 3 fully saturated rings. The molecule has 2 aromatic carbocycles. The molecule has 3 aliphatic rings. The zero-order valence-electron chi connectivity index (χ0n) is 19.9. The van der Waals surface area contributed by atoms with Gasteiger partial charge in [-0.1, -0.05) is 42.9 Å². The van der Waals surface area contributed by atoms with E-state index in [9.17, 15) is 14.7 Å². The summed E-state index contributed by atoms with van der Waals surface area (Å²) >= 11 is 0. The number of fused-ring (bicyclic) bond motifs is 1. The van der Waals surface area contributed by atoms with Crippen LogP contribution < -0.4 is 10.1 Å². The number of hydrogen-bond donors (Lipinski definition) is 2. The van der Waals surface area contributed by atoms with E-state index in [1.807, 2.05) is 24.3 Å². The first-order valence-corrected chi connectivity index (χ1v) is 12.3. The van der Waals surface area contributed by atoms with E-state index in [0.717, 1.165) is 11.1 Å². The number of nitrogens with zero attached hydrogens (tertiary/aromatic N) is 2. The Balaban J connectivity index is 1.29. The molecule has 182 valence electrons. The van der Waals surface area contributed by atoms with Crippen LogP contribution in [0.15, 0.2) is 48.5 Å². The number of hydrogen-bond acceptors (Lipinski definition) is 4. The summed E-state index contributed by atoms with van der Waals surface area (Å²) in [6, 6.07) is 14.5. The van der Waals surface area contributed by atoms with Gasteiger partial charge in [-0.2, -0.15) is 0 Å². The van der Waals surface area contributed by atoms with Gasteiger partial charge in [0, 0.05) is 35.7 Å². The third kappa shape index (κ3) is 4.71. The van der Waals surface area contributed by atoms with E-state index in [1.165, 1.54) is 25.7 Å². The number of carbonyl (C=O) groups is 2. The fourth-order valence-electron chi connectivity index (χ4n) is 5.60. The van der Waals surface area contributed by atoms with Gasteiger partial charge < -0.3 is 25.0 Å². The fraction of sp³-hybridized carbons (Fsp3) is 0.429. The first-order chi connectivity index (χ1) is 17.1. The number of anilines is 1. The first-order valence-electron chi connectivity index (χ1n) is 12.3.